The van der Waals surface area contributed by atoms with Crippen molar-refractivity contribution in [1.82, 2.24) is 0 Å². The maximum absolute atomic E-state index is 6.23. The van der Waals surface area contributed by atoms with E-state index in [0.29, 0.717) is 15.4 Å². The van der Waals surface area contributed by atoms with Crippen LogP contribution >= 0.6 is 23.8 Å². The van der Waals surface area contributed by atoms with Crippen LogP contribution in [0.25, 0.3) is 0 Å². The lowest BCUT2D eigenvalue weighted by Crippen LogP contribution is -2.39. The minimum absolute atomic E-state index is 0.379. The van der Waals surface area contributed by atoms with Crippen LogP contribution in [0.2, 0.25) is 5.02 Å². The molecule has 2 rings (SSSR count). The predicted molar refractivity (Wildman–Crippen MR) is 87.2 cm³/mol. The van der Waals surface area contributed by atoms with Gasteiger partial charge in [0.05, 0.1) is 10.6 Å². The lowest BCUT2D eigenvalue weighted by Gasteiger charge is -2.40. The summed E-state index contributed by atoms with van der Waals surface area (Å²) >= 11 is 11.4. The zero-order chi connectivity index (χ0) is 14.0. The molecule has 2 nitrogen and oxygen atoms in total. The van der Waals surface area contributed by atoms with Gasteiger partial charge in [-0.25, -0.2) is 0 Å². The maximum Gasteiger partial charge on any atom is 0.107 e. The molecule has 1 saturated heterocycles. The molecular formula is C15H21ClN2S. The van der Waals surface area contributed by atoms with Crippen LogP contribution in [0.5, 0.6) is 0 Å². The molecular weight excluding hydrogens is 276 g/mol. The molecule has 0 amide bonds. The average molecular weight is 297 g/mol. The number of piperidine rings is 1. The van der Waals surface area contributed by atoms with E-state index in [9.17, 15) is 0 Å². The number of thiocarbonyl (C=S) groups is 1. The molecule has 1 aliphatic rings. The van der Waals surface area contributed by atoms with Crippen molar-refractivity contribution in [3.8, 4) is 0 Å². The van der Waals surface area contributed by atoms with Crippen molar-refractivity contribution in [1.29, 1.82) is 0 Å². The first-order valence-corrected chi connectivity index (χ1v) is 7.59. The Kier molecular flexibility index (Phi) is 4.36. The van der Waals surface area contributed by atoms with Gasteiger partial charge in [-0.15, -0.1) is 0 Å². The Balaban J connectivity index is 2.25. The van der Waals surface area contributed by atoms with Crippen molar-refractivity contribution in [2.45, 2.75) is 33.1 Å². The van der Waals surface area contributed by atoms with Gasteiger partial charge in [0.15, 0.2) is 0 Å². The van der Waals surface area contributed by atoms with Crippen molar-refractivity contribution in [2.24, 2.45) is 11.1 Å². The van der Waals surface area contributed by atoms with Crippen LogP contribution in [0, 0.1) is 5.41 Å². The standard InChI is InChI=1S/C15H21ClN2S/c1-3-15(2)7-9-18(10-8-15)12-6-4-5-11(16)13(12)14(17)19/h4-6H,3,7-10H2,1-2H3,(H2,17,19). The molecule has 0 aliphatic carbocycles. The van der Waals surface area contributed by atoms with Crippen LogP contribution in [-0.4, -0.2) is 18.1 Å². The molecule has 1 heterocycles. The van der Waals surface area contributed by atoms with Gasteiger partial charge in [0, 0.05) is 18.8 Å². The third-order valence-electron chi connectivity index (χ3n) is 4.40. The largest absolute Gasteiger partial charge is 0.389 e. The molecule has 1 aliphatic heterocycles. The zero-order valence-corrected chi connectivity index (χ0v) is 13.2. The van der Waals surface area contributed by atoms with Crippen LogP contribution in [0.15, 0.2) is 18.2 Å². The first kappa shape index (κ1) is 14.6. The van der Waals surface area contributed by atoms with Crippen LogP contribution < -0.4 is 10.6 Å². The second kappa shape index (κ2) is 5.68. The minimum atomic E-state index is 0.379. The van der Waals surface area contributed by atoms with E-state index in [2.05, 4.69) is 24.8 Å². The van der Waals surface area contributed by atoms with E-state index in [1.807, 2.05) is 12.1 Å². The van der Waals surface area contributed by atoms with Gasteiger partial charge in [-0.1, -0.05) is 50.2 Å². The molecule has 0 atom stereocenters. The highest BCUT2D eigenvalue weighted by Gasteiger charge is 2.29. The summed E-state index contributed by atoms with van der Waals surface area (Å²) in [5.41, 5.74) is 8.19. The van der Waals surface area contributed by atoms with Gasteiger partial charge in [-0.2, -0.15) is 0 Å². The Morgan fingerprint density at radius 3 is 2.58 bits per heavy atom. The first-order chi connectivity index (χ1) is 8.97. The molecule has 19 heavy (non-hydrogen) atoms. The third kappa shape index (κ3) is 3.03. The van der Waals surface area contributed by atoms with Gasteiger partial charge >= 0.3 is 0 Å². The number of hydrogen-bond acceptors (Lipinski definition) is 2. The van der Waals surface area contributed by atoms with Crippen LogP contribution in [0.4, 0.5) is 5.69 Å². The molecule has 0 radical (unpaired) electrons. The molecule has 104 valence electrons. The Bertz CT molecular complexity index is 479. The monoisotopic (exact) mass is 296 g/mol. The van der Waals surface area contributed by atoms with Crippen molar-refractivity contribution < 1.29 is 0 Å². The fraction of sp³-hybridized carbons (Fsp3) is 0.533. The Hall–Kier alpha value is -0.800. The zero-order valence-electron chi connectivity index (χ0n) is 11.6. The van der Waals surface area contributed by atoms with E-state index in [-0.39, 0.29) is 0 Å². The van der Waals surface area contributed by atoms with Gasteiger partial charge in [0.1, 0.15) is 4.99 Å². The highest BCUT2D eigenvalue weighted by atomic mass is 35.5. The van der Waals surface area contributed by atoms with E-state index in [1.165, 1.54) is 19.3 Å². The second-order valence-electron chi connectivity index (χ2n) is 5.65. The molecule has 0 bridgehead atoms. The number of halogens is 1. The summed E-state index contributed by atoms with van der Waals surface area (Å²) in [6.45, 7) is 6.73. The lowest BCUT2D eigenvalue weighted by atomic mass is 9.78. The van der Waals surface area contributed by atoms with Gasteiger partial charge in [0.2, 0.25) is 0 Å². The number of nitrogens with two attached hydrogens (primary N) is 1. The second-order valence-corrected chi connectivity index (χ2v) is 6.50. The predicted octanol–water partition coefficient (Wildman–Crippen LogP) is 3.99. The minimum Gasteiger partial charge on any atom is -0.389 e. The summed E-state index contributed by atoms with van der Waals surface area (Å²) in [6.07, 6.45) is 3.64. The van der Waals surface area contributed by atoms with Gasteiger partial charge in [0.25, 0.3) is 0 Å². The summed E-state index contributed by atoms with van der Waals surface area (Å²) in [6, 6.07) is 5.88. The topological polar surface area (TPSA) is 29.3 Å². The highest BCUT2D eigenvalue weighted by molar-refractivity contribution is 7.80. The SMILES string of the molecule is CCC1(C)CCN(c2cccc(Cl)c2C(N)=S)CC1. The number of benzene rings is 1. The van der Waals surface area contributed by atoms with Crippen LogP contribution in [0.3, 0.4) is 0 Å². The maximum atomic E-state index is 6.23. The molecule has 0 unspecified atom stereocenters. The molecule has 0 spiro atoms. The van der Waals surface area contributed by atoms with Gasteiger partial charge in [-0.3, -0.25) is 0 Å². The lowest BCUT2D eigenvalue weighted by molar-refractivity contribution is 0.238. The molecule has 0 aromatic heterocycles. The Morgan fingerprint density at radius 2 is 2.05 bits per heavy atom. The summed E-state index contributed by atoms with van der Waals surface area (Å²) in [5, 5.41) is 0.647. The fourth-order valence-corrected chi connectivity index (χ4v) is 3.20. The van der Waals surface area contributed by atoms with Gasteiger partial charge < -0.3 is 10.6 Å². The summed E-state index contributed by atoms with van der Waals surface area (Å²) < 4.78 is 0. The highest BCUT2D eigenvalue weighted by Crippen LogP contribution is 2.37. The summed E-state index contributed by atoms with van der Waals surface area (Å²) in [4.78, 5) is 2.74. The number of nitrogens with zero attached hydrogens (tertiary/aromatic N) is 1. The molecule has 1 aromatic rings. The van der Waals surface area contributed by atoms with Crippen molar-refractivity contribution in [2.75, 3.05) is 18.0 Å². The molecule has 1 aromatic carbocycles. The van der Waals surface area contributed by atoms with Gasteiger partial charge in [-0.05, 0) is 30.4 Å². The summed E-state index contributed by atoms with van der Waals surface area (Å²) in [5.74, 6) is 0. The summed E-state index contributed by atoms with van der Waals surface area (Å²) in [7, 11) is 0. The van der Waals surface area contributed by atoms with Crippen molar-refractivity contribution >= 4 is 34.5 Å². The molecule has 0 saturated carbocycles. The molecule has 2 N–H and O–H groups in total. The van der Waals surface area contributed by atoms with Crippen LogP contribution in [0.1, 0.15) is 38.7 Å². The molecule has 4 heteroatoms. The number of rotatable bonds is 3. The first-order valence-electron chi connectivity index (χ1n) is 6.80. The Morgan fingerprint density at radius 1 is 1.42 bits per heavy atom. The number of anilines is 1. The Labute approximate surface area is 125 Å². The van der Waals surface area contributed by atoms with E-state index >= 15 is 0 Å². The smallest absolute Gasteiger partial charge is 0.107 e. The van der Waals surface area contributed by atoms with E-state index < -0.39 is 0 Å². The van der Waals surface area contributed by atoms with Crippen LogP contribution in [-0.2, 0) is 0 Å². The third-order valence-corrected chi connectivity index (χ3v) is 4.92. The number of hydrogen-bond donors (Lipinski definition) is 1. The van der Waals surface area contributed by atoms with E-state index in [1.54, 1.807) is 0 Å². The normalized spacial score (nSPS) is 18.4. The quantitative estimate of drug-likeness (QED) is 0.855. The average Bonchev–Trinajstić information content (AvgIpc) is 2.39. The van der Waals surface area contributed by atoms with Crippen molar-refractivity contribution in [3.05, 3.63) is 28.8 Å². The van der Waals surface area contributed by atoms with Crippen molar-refractivity contribution in [3.63, 3.8) is 0 Å². The fourth-order valence-electron chi connectivity index (χ4n) is 2.66. The van der Waals surface area contributed by atoms with E-state index in [4.69, 9.17) is 29.6 Å². The molecule has 1 fully saturated rings. The van der Waals surface area contributed by atoms with E-state index in [0.717, 1.165) is 24.3 Å².